The molecule has 0 saturated heterocycles. The minimum Gasteiger partial charge on any atom is -0.352 e. The fourth-order valence-corrected chi connectivity index (χ4v) is 1.22. The number of carbonyl (C=O) groups excluding carboxylic acids is 1. The third-order valence-corrected chi connectivity index (χ3v) is 2.09. The van der Waals surface area contributed by atoms with Crippen LogP contribution in [0.25, 0.3) is 0 Å². The minimum absolute atomic E-state index is 0.0632. The standard InChI is InChI=1S/C11H12N2O/c1-8-10(6-12)4-3-5-11(8)7-13-9(2)14/h3-5H,7H2,1-2H3,(H,13,14). The van der Waals surface area contributed by atoms with Crippen LogP contribution in [0.4, 0.5) is 0 Å². The molecule has 1 aromatic rings. The van der Waals surface area contributed by atoms with E-state index in [-0.39, 0.29) is 5.91 Å². The maximum absolute atomic E-state index is 10.7. The Hall–Kier alpha value is -1.82. The molecule has 0 atom stereocenters. The summed E-state index contributed by atoms with van der Waals surface area (Å²) in [5.41, 5.74) is 2.58. The molecule has 0 unspecified atom stereocenters. The number of nitriles is 1. The molecule has 1 N–H and O–H groups in total. The van der Waals surface area contributed by atoms with Gasteiger partial charge in [-0.15, -0.1) is 0 Å². The van der Waals surface area contributed by atoms with Gasteiger partial charge >= 0.3 is 0 Å². The summed E-state index contributed by atoms with van der Waals surface area (Å²) in [4.78, 5) is 10.7. The largest absolute Gasteiger partial charge is 0.352 e. The van der Waals surface area contributed by atoms with Crippen LogP contribution in [0, 0.1) is 18.3 Å². The molecule has 0 bridgehead atoms. The first-order chi connectivity index (χ1) is 6.65. The Morgan fingerprint density at radius 2 is 2.29 bits per heavy atom. The van der Waals surface area contributed by atoms with Crippen molar-refractivity contribution >= 4 is 5.91 Å². The summed E-state index contributed by atoms with van der Waals surface area (Å²) in [5.74, 6) is -0.0632. The summed E-state index contributed by atoms with van der Waals surface area (Å²) in [5, 5.41) is 11.5. The second-order valence-corrected chi connectivity index (χ2v) is 3.11. The molecule has 0 aromatic heterocycles. The molecule has 0 aliphatic carbocycles. The Balaban J connectivity index is 2.88. The van der Waals surface area contributed by atoms with Crippen molar-refractivity contribution in [3.05, 3.63) is 34.9 Å². The van der Waals surface area contributed by atoms with E-state index >= 15 is 0 Å². The average molecular weight is 188 g/mol. The molecule has 0 aliphatic rings. The smallest absolute Gasteiger partial charge is 0.217 e. The van der Waals surface area contributed by atoms with Gasteiger partial charge in [-0.25, -0.2) is 0 Å². The summed E-state index contributed by atoms with van der Waals surface area (Å²) >= 11 is 0. The van der Waals surface area contributed by atoms with Crippen LogP contribution in [0.3, 0.4) is 0 Å². The number of amides is 1. The van der Waals surface area contributed by atoms with Gasteiger partial charge in [0, 0.05) is 13.5 Å². The van der Waals surface area contributed by atoms with Crippen LogP contribution >= 0.6 is 0 Å². The lowest BCUT2D eigenvalue weighted by atomic mass is 10.0. The van der Waals surface area contributed by atoms with Crippen LogP contribution in [0.2, 0.25) is 0 Å². The first kappa shape index (κ1) is 10.3. The molecular weight excluding hydrogens is 176 g/mol. The van der Waals surface area contributed by atoms with Gasteiger partial charge in [-0.3, -0.25) is 4.79 Å². The lowest BCUT2D eigenvalue weighted by Gasteiger charge is -2.07. The first-order valence-electron chi connectivity index (χ1n) is 4.38. The van der Waals surface area contributed by atoms with Gasteiger partial charge in [0.15, 0.2) is 0 Å². The number of nitrogens with one attached hydrogen (secondary N) is 1. The van der Waals surface area contributed by atoms with Crippen LogP contribution in [-0.4, -0.2) is 5.91 Å². The van der Waals surface area contributed by atoms with Crippen molar-refractivity contribution in [3.8, 4) is 6.07 Å². The number of rotatable bonds is 2. The highest BCUT2D eigenvalue weighted by atomic mass is 16.1. The van der Waals surface area contributed by atoms with E-state index in [4.69, 9.17) is 5.26 Å². The summed E-state index contributed by atoms with van der Waals surface area (Å²) < 4.78 is 0. The average Bonchev–Trinajstić information content (AvgIpc) is 2.16. The van der Waals surface area contributed by atoms with Crippen molar-refractivity contribution in [2.75, 3.05) is 0 Å². The second-order valence-electron chi connectivity index (χ2n) is 3.11. The third-order valence-electron chi connectivity index (χ3n) is 2.09. The van der Waals surface area contributed by atoms with Gasteiger partial charge in [-0.05, 0) is 24.1 Å². The van der Waals surface area contributed by atoms with Gasteiger partial charge in [0.05, 0.1) is 11.6 Å². The van der Waals surface area contributed by atoms with Gasteiger partial charge < -0.3 is 5.32 Å². The predicted molar refractivity (Wildman–Crippen MR) is 53.4 cm³/mol. The third kappa shape index (κ3) is 2.33. The van der Waals surface area contributed by atoms with E-state index < -0.39 is 0 Å². The highest BCUT2D eigenvalue weighted by Crippen LogP contribution is 2.12. The molecule has 14 heavy (non-hydrogen) atoms. The SMILES string of the molecule is CC(=O)NCc1cccc(C#N)c1C. The monoisotopic (exact) mass is 188 g/mol. The molecule has 3 heteroatoms. The Bertz CT molecular complexity index is 391. The summed E-state index contributed by atoms with van der Waals surface area (Å²) in [7, 11) is 0. The molecule has 72 valence electrons. The number of hydrogen-bond acceptors (Lipinski definition) is 2. The van der Waals surface area contributed by atoms with Crippen molar-refractivity contribution < 1.29 is 4.79 Å². The zero-order valence-electron chi connectivity index (χ0n) is 8.29. The maximum atomic E-state index is 10.7. The molecule has 0 fully saturated rings. The van der Waals surface area contributed by atoms with Gasteiger partial charge in [-0.2, -0.15) is 5.26 Å². The summed E-state index contributed by atoms with van der Waals surface area (Å²) in [6.07, 6.45) is 0. The van der Waals surface area contributed by atoms with Crippen LogP contribution in [0.15, 0.2) is 18.2 Å². The predicted octanol–water partition coefficient (Wildman–Crippen LogP) is 1.50. The molecule has 0 spiro atoms. The van der Waals surface area contributed by atoms with E-state index in [0.717, 1.165) is 11.1 Å². The Labute approximate surface area is 83.4 Å². The molecular formula is C11H12N2O. The van der Waals surface area contributed by atoms with Gasteiger partial charge in [0.1, 0.15) is 0 Å². The molecule has 1 amide bonds. The van der Waals surface area contributed by atoms with E-state index in [1.54, 1.807) is 6.07 Å². The molecule has 1 aromatic carbocycles. The number of nitrogens with zero attached hydrogens (tertiary/aromatic N) is 1. The molecule has 0 heterocycles. The van der Waals surface area contributed by atoms with E-state index in [2.05, 4.69) is 11.4 Å². The van der Waals surface area contributed by atoms with Gasteiger partial charge in [0.25, 0.3) is 0 Å². The summed E-state index contributed by atoms with van der Waals surface area (Å²) in [6, 6.07) is 7.61. The topological polar surface area (TPSA) is 52.9 Å². The molecule has 0 radical (unpaired) electrons. The molecule has 1 rings (SSSR count). The number of benzene rings is 1. The lowest BCUT2D eigenvalue weighted by Crippen LogP contribution is -2.19. The fourth-order valence-electron chi connectivity index (χ4n) is 1.22. The van der Waals surface area contributed by atoms with Crippen molar-refractivity contribution in [2.45, 2.75) is 20.4 Å². The van der Waals surface area contributed by atoms with Crippen LogP contribution < -0.4 is 5.32 Å². The molecule has 0 saturated carbocycles. The zero-order chi connectivity index (χ0) is 10.6. The van der Waals surface area contributed by atoms with Crippen molar-refractivity contribution in [3.63, 3.8) is 0 Å². The highest BCUT2D eigenvalue weighted by molar-refractivity contribution is 5.72. The van der Waals surface area contributed by atoms with E-state index in [0.29, 0.717) is 12.1 Å². The summed E-state index contributed by atoms with van der Waals surface area (Å²) in [6.45, 7) is 3.84. The van der Waals surface area contributed by atoms with E-state index in [9.17, 15) is 4.79 Å². The number of hydrogen-bond donors (Lipinski definition) is 1. The van der Waals surface area contributed by atoms with Crippen LogP contribution in [-0.2, 0) is 11.3 Å². The van der Waals surface area contributed by atoms with Crippen molar-refractivity contribution in [1.82, 2.24) is 5.32 Å². The normalized spacial score (nSPS) is 9.21. The van der Waals surface area contributed by atoms with E-state index in [1.807, 2.05) is 19.1 Å². The Morgan fingerprint density at radius 1 is 1.57 bits per heavy atom. The van der Waals surface area contributed by atoms with Crippen molar-refractivity contribution in [1.29, 1.82) is 5.26 Å². The number of carbonyl (C=O) groups is 1. The quantitative estimate of drug-likeness (QED) is 0.764. The lowest BCUT2D eigenvalue weighted by molar-refractivity contribution is -0.119. The van der Waals surface area contributed by atoms with Crippen LogP contribution in [0.1, 0.15) is 23.6 Å². The van der Waals surface area contributed by atoms with E-state index in [1.165, 1.54) is 6.92 Å². The molecule has 3 nitrogen and oxygen atoms in total. The second kappa shape index (κ2) is 4.43. The fraction of sp³-hybridized carbons (Fsp3) is 0.273. The van der Waals surface area contributed by atoms with Crippen molar-refractivity contribution in [2.24, 2.45) is 0 Å². The first-order valence-corrected chi connectivity index (χ1v) is 4.38. The van der Waals surface area contributed by atoms with Crippen LogP contribution in [0.5, 0.6) is 0 Å². The molecule has 0 aliphatic heterocycles. The minimum atomic E-state index is -0.0632. The van der Waals surface area contributed by atoms with Gasteiger partial charge in [0.2, 0.25) is 5.91 Å². The maximum Gasteiger partial charge on any atom is 0.217 e. The zero-order valence-corrected chi connectivity index (χ0v) is 8.29. The Kier molecular flexibility index (Phi) is 3.24. The van der Waals surface area contributed by atoms with Gasteiger partial charge in [-0.1, -0.05) is 12.1 Å². The Morgan fingerprint density at radius 3 is 2.86 bits per heavy atom. The highest BCUT2D eigenvalue weighted by Gasteiger charge is 2.02.